The van der Waals surface area contributed by atoms with Crippen LogP contribution < -0.4 is 11.1 Å². The number of unbranched alkanes of at least 4 members (excludes halogenated alkanes) is 2. The van der Waals surface area contributed by atoms with Gasteiger partial charge in [0, 0.05) is 18.7 Å². The van der Waals surface area contributed by atoms with Crippen molar-refractivity contribution in [1.82, 2.24) is 5.32 Å². The molecule has 0 amide bonds. The monoisotopic (exact) mass is 254 g/mol. The Morgan fingerprint density at radius 1 is 1.00 bits per heavy atom. The van der Waals surface area contributed by atoms with E-state index in [1.54, 1.807) is 0 Å². The normalized spacial score (nSPS) is 21.7. The van der Waals surface area contributed by atoms with Crippen LogP contribution in [0.1, 0.15) is 57.8 Å². The summed E-state index contributed by atoms with van der Waals surface area (Å²) in [5, 5.41) is 12.6. The molecule has 3 heteroatoms. The predicted octanol–water partition coefficient (Wildman–Crippen LogP) is 2.04. The highest BCUT2D eigenvalue weighted by Crippen LogP contribution is 2.46. The van der Waals surface area contributed by atoms with Crippen LogP contribution in [0.2, 0.25) is 0 Å². The van der Waals surface area contributed by atoms with Crippen molar-refractivity contribution in [3.63, 3.8) is 0 Å². The van der Waals surface area contributed by atoms with Crippen molar-refractivity contribution >= 4 is 0 Å². The van der Waals surface area contributed by atoms with E-state index in [2.05, 4.69) is 5.32 Å². The topological polar surface area (TPSA) is 58.3 Å². The second-order valence-electron chi connectivity index (χ2n) is 6.21. The number of nitrogens with two attached hydrogens (primary N) is 1. The number of hydrogen-bond donors (Lipinski definition) is 3. The number of hydrogen-bond acceptors (Lipinski definition) is 3. The van der Waals surface area contributed by atoms with Crippen LogP contribution in [-0.4, -0.2) is 30.3 Å². The fourth-order valence-corrected chi connectivity index (χ4v) is 3.61. The molecule has 2 rings (SSSR count). The van der Waals surface area contributed by atoms with Gasteiger partial charge in [-0.15, -0.1) is 0 Å². The van der Waals surface area contributed by atoms with Gasteiger partial charge in [0.15, 0.2) is 0 Å². The molecule has 2 fully saturated rings. The maximum atomic E-state index is 8.80. The van der Waals surface area contributed by atoms with Crippen LogP contribution in [0, 0.1) is 11.8 Å². The highest BCUT2D eigenvalue weighted by Gasteiger charge is 2.47. The van der Waals surface area contributed by atoms with Crippen molar-refractivity contribution in [2.75, 3.05) is 19.7 Å². The Bertz CT molecular complexity index is 223. The third kappa shape index (κ3) is 2.89. The first-order chi connectivity index (χ1) is 8.83. The average molecular weight is 254 g/mol. The summed E-state index contributed by atoms with van der Waals surface area (Å²) in [6.07, 6.45) is 11.5. The van der Waals surface area contributed by atoms with Crippen molar-refractivity contribution in [2.45, 2.75) is 63.3 Å². The molecule has 106 valence electrons. The molecular formula is C15H30N2O. The third-order valence-corrected chi connectivity index (χ3v) is 5.29. The smallest absolute Gasteiger partial charge is 0.0431 e. The molecule has 2 saturated carbocycles. The van der Waals surface area contributed by atoms with E-state index in [0.29, 0.717) is 6.61 Å². The zero-order chi connectivity index (χ0) is 12.8. The molecule has 0 aromatic carbocycles. The molecular weight excluding hydrogens is 224 g/mol. The highest BCUT2D eigenvalue weighted by molar-refractivity contribution is 5.05. The molecule has 0 aliphatic heterocycles. The molecule has 2 aliphatic rings. The molecule has 0 saturated heterocycles. The molecule has 3 nitrogen and oxygen atoms in total. The first-order valence-corrected chi connectivity index (χ1v) is 7.89. The van der Waals surface area contributed by atoms with Crippen LogP contribution >= 0.6 is 0 Å². The van der Waals surface area contributed by atoms with E-state index in [1.807, 2.05) is 0 Å². The van der Waals surface area contributed by atoms with Crippen molar-refractivity contribution in [2.24, 2.45) is 17.6 Å². The Morgan fingerprint density at radius 2 is 1.61 bits per heavy atom. The van der Waals surface area contributed by atoms with E-state index in [9.17, 15) is 0 Å². The maximum absolute atomic E-state index is 8.80. The van der Waals surface area contributed by atoms with Gasteiger partial charge >= 0.3 is 0 Å². The van der Waals surface area contributed by atoms with Crippen molar-refractivity contribution in [3.05, 3.63) is 0 Å². The zero-order valence-electron chi connectivity index (χ0n) is 11.7. The quantitative estimate of drug-likeness (QED) is 0.552. The van der Waals surface area contributed by atoms with Gasteiger partial charge in [-0.2, -0.15) is 0 Å². The summed E-state index contributed by atoms with van der Waals surface area (Å²) in [5.41, 5.74) is 6.41. The molecule has 0 atom stereocenters. The minimum Gasteiger partial charge on any atom is -0.396 e. The summed E-state index contributed by atoms with van der Waals surface area (Å²) in [6, 6.07) is 0. The first kappa shape index (κ1) is 14.3. The number of aliphatic hydroxyl groups excluding tert-OH is 1. The van der Waals surface area contributed by atoms with Crippen molar-refractivity contribution < 1.29 is 5.11 Å². The maximum Gasteiger partial charge on any atom is 0.0431 e. The Balaban J connectivity index is 1.83. The molecule has 0 aromatic rings. The summed E-state index contributed by atoms with van der Waals surface area (Å²) >= 11 is 0. The van der Waals surface area contributed by atoms with Crippen LogP contribution in [0.15, 0.2) is 0 Å². The van der Waals surface area contributed by atoms with Gasteiger partial charge in [-0.1, -0.05) is 12.8 Å². The van der Waals surface area contributed by atoms with Crippen LogP contribution in [0.5, 0.6) is 0 Å². The Morgan fingerprint density at radius 3 is 2.00 bits per heavy atom. The average Bonchev–Trinajstić information content (AvgIpc) is 2.23. The lowest BCUT2D eigenvalue weighted by atomic mass is 9.59. The molecule has 2 aliphatic carbocycles. The molecule has 0 heterocycles. The molecule has 4 N–H and O–H groups in total. The second-order valence-corrected chi connectivity index (χ2v) is 6.21. The van der Waals surface area contributed by atoms with Crippen LogP contribution in [0.4, 0.5) is 0 Å². The SMILES string of the molecule is NCC(NCCCCCO)(C1CCC1)C1CCC1. The van der Waals surface area contributed by atoms with E-state index in [4.69, 9.17) is 10.8 Å². The Labute approximate surface area is 112 Å². The van der Waals surface area contributed by atoms with Crippen molar-refractivity contribution in [3.8, 4) is 0 Å². The number of nitrogens with one attached hydrogen (secondary N) is 1. The van der Waals surface area contributed by atoms with E-state index >= 15 is 0 Å². The first-order valence-electron chi connectivity index (χ1n) is 7.89. The minimum absolute atomic E-state index is 0.246. The molecule has 18 heavy (non-hydrogen) atoms. The lowest BCUT2D eigenvalue weighted by Crippen LogP contribution is -2.64. The number of rotatable bonds is 9. The van der Waals surface area contributed by atoms with E-state index in [-0.39, 0.29) is 5.54 Å². The fraction of sp³-hybridized carbons (Fsp3) is 1.00. The van der Waals surface area contributed by atoms with Gasteiger partial charge < -0.3 is 16.2 Å². The molecule has 0 unspecified atom stereocenters. The number of aliphatic hydroxyl groups is 1. The van der Waals surface area contributed by atoms with Gasteiger partial charge in [0.25, 0.3) is 0 Å². The summed E-state index contributed by atoms with van der Waals surface area (Å²) < 4.78 is 0. The zero-order valence-corrected chi connectivity index (χ0v) is 11.7. The molecule has 0 radical (unpaired) electrons. The lowest BCUT2D eigenvalue weighted by Gasteiger charge is -2.53. The van der Waals surface area contributed by atoms with Gasteiger partial charge in [-0.05, 0) is 63.3 Å². The van der Waals surface area contributed by atoms with Gasteiger partial charge in [0.2, 0.25) is 0 Å². The second kappa shape index (κ2) is 6.88. The molecule has 0 spiro atoms. The summed E-state index contributed by atoms with van der Waals surface area (Å²) in [4.78, 5) is 0. The van der Waals surface area contributed by atoms with Gasteiger partial charge in [0.05, 0.1) is 0 Å². The largest absolute Gasteiger partial charge is 0.396 e. The third-order valence-electron chi connectivity index (χ3n) is 5.29. The summed E-state index contributed by atoms with van der Waals surface area (Å²) in [5.74, 6) is 1.65. The van der Waals surface area contributed by atoms with Gasteiger partial charge in [-0.25, -0.2) is 0 Å². The van der Waals surface area contributed by atoms with E-state index in [0.717, 1.165) is 37.8 Å². The Kier molecular flexibility index (Phi) is 5.46. The van der Waals surface area contributed by atoms with Crippen LogP contribution in [0.25, 0.3) is 0 Å². The molecule has 0 aromatic heterocycles. The summed E-state index contributed by atoms with van der Waals surface area (Å²) in [7, 11) is 0. The summed E-state index contributed by atoms with van der Waals surface area (Å²) in [6.45, 7) is 2.21. The van der Waals surface area contributed by atoms with E-state index in [1.165, 1.54) is 44.9 Å². The lowest BCUT2D eigenvalue weighted by molar-refractivity contribution is 0.0326. The van der Waals surface area contributed by atoms with Crippen LogP contribution in [0.3, 0.4) is 0 Å². The van der Waals surface area contributed by atoms with Crippen LogP contribution in [-0.2, 0) is 0 Å². The fourth-order valence-electron chi connectivity index (χ4n) is 3.61. The molecule has 0 bridgehead atoms. The standard InChI is InChI=1S/C15H30N2O/c16-12-15(13-6-4-7-13,14-8-5-9-14)17-10-2-1-3-11-18/h13-14,17-18H,1-12,16H2. The van der Waals surface area contributed by atoms with Gasteiger partial charge in [-0.3, -0.25) is 0 Å². The highest BCUT2D eigenvalue weighted by atomic mass is 16.2. The van der Waals surface area contributed by atoms with Crippen molar-refractivity contribution in [1.29, 1.82) is 0 Å². The van der Waals surface area contributed by atoms with E-state index < -0.39 is 0 Å². The predicted molar refractivity (Wildman–Crippen MR) is 75.4 cm³/mol. The van der Waals surface area contributed by atoms with Gasteiger partial charge in [0.1, 0.15) is 0 Å². The Hall–Kier alpha value is -0.120. The minimum atomic E-state index is 0.246.